The normalized spacial score (nSPS) is 11.5. The molecular formula is C28H35N5O2S. The Morgan fingerprint density at radius 3 is 2.36 bits per heavy atom. The predicted octanol–water partition coefficient (Wildman–Crippen LogP) is 5.54. The average Bonchev–Trinajstić information content (AvgIpc) is 3.42. The Labute approximate surface area is 216 Å². The van der Waals surface area contributed by atoms with Crippen LogP contribution in [0.5, 0.6) is 0 Å². The van der Waals surface area contributed by atoms with E-state index < -0.39 is 0 Å². The summed E-state index contributed by atoms with van der Waals surface area (Å²) in [6, 6.07) is 10.3. The summed E-state index contributed by atoms with van der Waals surface area (Å²) >= 11 is 1.39. The van der Waals surface area contributed by atoms with E-state index in [4.69, 9.17) is 10.1 Å². The maximum atomic E-state index is 13.8. The zero-order valence-corrected chi connectivity index (χ0v) is 22.9. The number of benzene rings is 1. The molecule has 7 nitrogen and oxygen atoms in total. The number of amides is 1. The average molecular weight is 506 g/mol. The number of carbonyl (C=O) groups is 1. The molecule has 0 aliphatic rings. The van der Waals surface area contributed by atoms with Gasteiger partial charge in [-0.05, 0) is 56.4 Å². The Morgan fingerprint density at radius 2 is 1.75 bits per heavy atom. The van der Waals surface area contributed by atoms with Crippen LogP contribution in [-0.4, -0.2) is 43.1 Å². The number of carbonyl (C=O) groups excluding carboxylic acids is 1. The molecule has 36 heavy (non-hydrogen) atoms. The fourth-order valence-corrected chi connectivity index (χ4v) is 5.48. The van der Waals surface area contributed by atoms with Gasteiger partial charge in [0.15, 0.2) is 4.96 Å². The summed E-state index contributed by atoms with van der Waals surface area (Å²) < 4.78 is 3.45. The minimum Gasteiger partial charge on any atom is -0.342 e. The number of aromatic nitrogens is 4. The minimum absolute atomic E-state index is 0.0393. The number of rotatable bonds is 9. The van der Waals surface area contributed by atoms with Gasteiger partial charge in [0.25, 0.3) is 5.56 Å². The first-order valence-electron chi connectivity index (χ1n) is 12.7. The van der Waals surface area contributed by atoms with E-state index in [9.17, 15) is 9.59 Å². The van der Waals surface area contributed by atoms with Crippen molar-refractivity contribution in [3.05, 3.63) is 68.7 Å². The molecule has 0 aliphatic heterocycles. The standard InChI is InChI=1S/C28H35N5O2S/c1-7-13-31(14-8-2)25(34)16-23-17-36-28-29-20(6)26(27(35)32(23)28)24-15-19(5)33(30-24)22-11-9-21(10-12-22)18(3)4/h9-12,15,17-18H,7-8,13-14,16H2,1-6H3. The lowest BCUT2D eigenvalue weighted by atomic mass is 10.0. The van der Waals surface area contributed by atoms with Gasteiger partial charge in [0, 0.05) is 29.9 Å². The highest BCUT2D eigenvalue weighted by molar-refractivity contribution is 7.15. The van der Waals surface area contributed by atoms with Gasteiger partial charge in [-0.2, -0.15) is 5.10 Å². The molecule has 0 unspecified atom stereocenters. The van der Waals surface area contributed by atoms with Crippen molar-refractivity contribution in [2.24, 2.45) is 0 Å². The second-order valence-corrected chi connectivity index (χ2v) is 10.4. The van der Waals surface area contributed by atoms with E-state index in [2.05, 4.69) is 52.0 Å². The molecule has 0 radical (unpaired) electrons. The first-order valence-corrected chi connectivity index (χ1v) is 13.6. The summed E-state index contributed by atoms with van der Waals surface area (Å²) in [5, 5.41) is 6.67. The third kappa shape index (κ3) is 5.00. The Balaban J connectivity index is 1.73. The highest BCUT2D eigenvalue weighted by Gasteiger charge is 2.21. The van der Waals surface area contributed by atoms with Crippen molar-refractivity contribution in [3.63, 3.8) is 0 Å². The van der Waals surface area contributed by atoms with E-state index in [0.717, 1.165) is 37.3 Å². The summed E-state index contributed by atoms with van der Waals surface area (Å²) in [5.74, 6) is 0.494. The first-order chi connectivity index (χ1) is 17.2. The summed E-state index contributed by atoms with van der Waals surface area (Å²) in [7, 11) is 0. The maximum absolute atomic E-state index is 13.8. The second-order valence-electron chi connectivity index (χ2n) is 9.61. The molecule has 190 valence electrons. The highest BCUT2D eigenvalue weighted by atomic mass is 32.1. The van der Waals surface area contributed by atoms with Crippen molar-refractivity contribution in [2.45, 2.75) is 66.7 Å². The fraction of sp³-hybridized carbons (Fsp3) is 0.429. The van der Waals surface area contributed by atoms with Crippen LogP contribution in [0.3, 0.4) is 0 Å². The lowest BCUT2D eigenvalue weighted by Crippen LogP contribution is -2.34. The topological polar surface area (TPSA) is 72.5 Å². The lowest BCUT2D eigenvalue weighted by Gasteiger charge is -2.21. The molecule has 0 N–H and O–H groups in total. The highest BCUT2D eigenvalue weighted by Crippen LogP contribution is 2.24. The van der Waals surface area contributed by atoms with Crippen LogP contribution in [0.4, 0.5) is 0 Å². The number of thiazole rings is 1. The smallest absolute Gasteiger partial charge is 0.268 e. The van der Waals surface area contributed by atoms with Crippen LogP contribution in [-0.2, 0) is 11.2 Å². The zero-order chi connectivity index (χ0) is 26.0. The number of nitrogens with zero attached hydrogens (tertiary/aromatic N) is 5. The molecule has 0 saturated heterocycles. The van der Waals surface area contributed by atoms with Crippen molar-refractivity contribution < 1.29 is 4.79 Å². The van der Waals surface area contributed by atoms with E-state index in [1.807, 2.05) is 34.9 Å². The van der Waals surface area contributed by atoms with Crippen molar-refractivity contribution >= 4 is 22.2 Å². The molecular weight excluding hydrogens is 470 g/mol. The molecule has 4 rings (SSSR count). The Hall–Kier alpha value is -3.26. The van der Waals surface area contributed by atoms with Gasteiger partial charge in [-0.3, -0.25) is 14.0 Å². The van der Waals surface area contributed by atoms with Crippen LogP contribution < -0.4 is 5.56 Å². The molecule has 0 aliphatic carbocycles. The number of hydrogen-bond acceptors (Lipinski definition) is 5. The minimum atomic E-state index is -0.182. The SMILES string of the molecule is CCCN(CCC)C(=O)Cc1csc2nc(C)c(-c3cc(C)n(-c4ccc(C(C)C)cc4)n3)c(=O)n12. The fourth-order valence-electron chi connectivity index (χ4n) is 4.55. The van der Waals surface area contributed by atoms with E-state index >= 15 is 0 Å². The molecule has 0 bridgehead atoms. The summed E-state index contributed by atoms with van der Waals surface area (Å²) in [6.07, 6.45) is 1.99. The van der Waals surface area contributed by atoms with Crippen LogP contribution in [0, 0.1) is 13.8 Å². The van der Waals surface area contributed by atoms with Gasteiger partial charge in [-0.25, -0.2) is 9.67 Å². The molecule has 0 saturated carbocycles. The van der Waals surface area contributed by atoms with Crippen molar-refractivity contribution in [1.29, 1.82) is 0 Å². The van der Waals surface area contributed by atoms with Gasteiger partial charge < -0.3 is 4.90 Å². The lowest BCUT2D eigenvalue weighted by molar-refractivity contribution is -0.130. The number of hydrogen-bond donors (Lipinski definition) is 0. The summed E-state index contributed by atoms with van der Waals surface area (Å²) in [4.78, 5) is 34.0. The quantitative estimate of drug-likeness (QED) is 0.299. The second kappa shape index (κ2) is 10.8. The van der Waals surface area contributed by atoms with E-state index in [0.29, 0.717) is 33.5 Å². The van der Waals surface area contributed by atoms with Crippen molar-refractivity contribution in [1.82, 2.24) is 24.1 Å². The molecule has 3 aromatic heterocycles. The molecule has 0 spiro atoms. The van der Waals surface area contributed by atoms with E-state index in [1.165, 1.54) is 16.9 Å². The monoisotopic (exact) mass is 505 g/mol. The predicted molar refractivity (Wildman–Crippen MR) is 146 cm³/mol. The van der Waals surface area contributed by atoms with E-state index in [-0.39, 0.29) is 17.9 Å². The van der Waals surface area contributed by atoms with Crippen LogP contribution in [0.1, 0.15) is 69.1 Å². The zero-order valence-electron chi connectivity index (χ0n) is 22.0. The molecule has 1 amide bonds. The van der Waals surface area contributed by atoms with Gasteiger partial charge in [0.05, 0.1) is 23.4 Å². The van der Waals surface area contributed by atoms with Crippen LogP contribution in [0.2, 0.25) is 0 Å². The molecule has 4 aromatic rings. The van der Waals surface area contributed by atoms with Gasteiger partial charge >= 0.3 is 0 Å². The van der Waals surface area contributed by atoms with Crippen LogP contribution in [0.25, 0.3) is 21.9 Å². The first kappa shape index (κ1) is 25.8. The van der Waals surface area contributed by atoms with Gasteiger partial charge in [-0.15, -0.1) is 11.3 Å². The number of aryl methyl sites for hydroxylation is 2. The third-order valence-corrected chi connectivity index (χ3v) is 7.32. The van der Waals surface area contributed by atoms with Gasteiger partial charge in [-0.1, -0.05) is 39.8 Å². The van der Waals surface area contributed by atoms with Crippen LogP contribution >= 0.6 is 11.3 Å². The van der Waals surface area contributed by atoms with Gasteiger partial charge in [0.2, 0.25) is 5.91 Å². The third-order valence-electron chi connectivity index (χ3n) is 6.44. The molecule has 1 aromatic carbocycles. The van der Waals surface area contributed by atoms with Crippen molar-refractivity contribution in [3.8, 4) is 16.9 Å². The summed E-state index contributed by atoms with van der Waals surface area (Å²) in [6.45, 7) is 13.8. The number of fused-ring (bicyclic) bond motifs is 1. The largest absolute Gasteiger partial charge is 0.342 e. The maximum Gasteiger partial charge on any atom is 0.268 e. The molecule has 0 fully saturated rings. The van der Waals surface area contributed by atoms with Crippen molar-refractivity contribution in [2.75, 3.05) is 13.1 Å². The Bertz CT molecular complexity index is 1420. The van der Waals surface area contributed by atoms with E-state index in [1.54, 1.807) is 4.40 Å². The van der Waals surface area contributed by atoms with Gasteiger partial charge in [0.1, 0.15) is 5.69 Å². The molecule has 8 heteroatoms. The molecule has 0 atom stereocenters. The Morgan fingerprint density at radius 1 is 1.08 bits per heavy atom. The summed E-state index contributed by atoms with van der Waals surface area (Å²) in [5.41, 5.74) is 5.34. The molecule has 3 heterocycles. The van der Waals surface area contributed by atoms with Crippen LogP contribution in [0.15, 0.2) is 40.5 Å². The Kier molecular flexibility index (Phi) is 7.73.